The Labute approximate surface area is 122 Å². The molecule has 2 N–H and O–H groups in total. The van der Waals surface area contributed by atoms with Crippen LogP contribution in [-0.2, 0) is 0 Å². The molecule has 2 aromatic rings. The second-order valence-electron chi connectivity index (χ2n) is 4.69. The lowest BCUT2D eigenvalue weighted by Gasteiger charge is -2.20. The van der Waals surface area contributed by atoms with Crippen molar-refractivity contribution in [1.82, 2.24) is 0 Å². The van der Waals surface area contributed by atoms with Gasteiger partial charge in [-0.25, -0.2) is 0 Å². The molecule has 2 rings (SSSR count). The summed E-state index contributed by atoms with van der Waals surface area (Å²) in [5, 5.41) is 0. The fourth-order valence-corrected chi connectivity index (χ4v) is 1.69. The van der Waals surface area contributed by atoms with Crippen LogP contribution < -0.4 is 10.5 Å². The number of hydrogen-bond donors (Lipinski definition) is 1. The highest BCUT2D eigenvalue weighted by molar-refractivity contribution is 5.66. The van der Waals surface area contributed by atoms with Crippen molar-refractivity contribution in [1.29, 1.82) is 0 Å². The summed E-state index contributed by atoms with van der Waals surface area (Å²) in [6, 6.07) is 7.23. The predicted molar refractivity (Wildman–Crippen MR) is 69.8 cm³/mol. The number of halogens is 5. The Bertz CT molecular complexity index is 663. The molecule has 22 heavy (non-hydrogen) atoms. The fraction of sp³-hybridized carbons (Fsp3) is 0.286. The summed E-state index contributed by atoms with van der Waals surface area (Å²) < 4.78 is 71.9. The number of alkyl halides is 5. The molecule has 1 aromatic carbocycles. The van der Waals surface area contributed by atoms with Crippen molar-refractivity contribution in [3.8, 4) is 17.1 Å². The van der Waals surface area contributed by atoms with Crippen LogP contribution in [0.5, 0.6) is 5.75 Å². The third kappa shape index (κ3) is 3.49. The molecule has 0 saturated heterocycles. The highest BCUT2D eigenvalue weighted by atomic mass is 19.4. The first-order valence-electron chi connectivity index (χ1n) is 6.13. The lowest BCUT2D eigenvalue weighted by Crippen LogP contribution is -2.41. The van der Waals surface area contributed by atoms with Crippen molar-refractivity contribution in [2.75, 3.05) is 12.3 Å². The summed E-state index contributed by atoms with van der Waals surface area (Å²) in [5.74, 6) is -4.13. The first-order chi connectivity index (χ1) is 10.1. The minimum absolute atomic E-state index is 0.150. The van der Waals surface area contributed by atoms with Gasteiger partial charge in [0.25, 0.3) is 0 Å². The van der Waals surface area contributed by atoms with Crippen LogP contribution in [0.3, 0.4) is 0 Å². The summed E-state index contributed by atoms with van der Waals surface area (Å²) in [7, 11) is 0. The summed E-state index contributed by atoms with van der Waals surface area (Å²) >= 11 is 0. The molecule has 0 radical (unpaired) electrons. The van der Waals surface area contributed by atoms with E-state index in [0.29, 0.717) is 17.1 Å². The number of nitrogen functional groups attached to an aromatic ring is 1. The third-order valence-electron chi connectivity index (χ3n) is 2.79. The molecule has 1 aromatic heterocycles. The number of anilines is 1. The fourth-order valence-electron chi connectivity index (χ4n) is 1.69. The molecule has 120 valence electrons. The van der Waals surface area contributed by atoms with Crippen LogP contribution in [0.25, 0.3) is 11.3 Å². The second kappa shape index (κ2) is 5.51. The third-order valence-corrected chi connectivity index (χ3v) is 2.79. The first kappa shape index (κ1) is 16.1. The number of hydrogen-bond acceptors (Lipinski definition) is 3. The lowest BCUT2D eigenvalue weighted by molar-refractivity contribution is -0.290. The monoisotopic (exact) mass is 321 g/mol. The molecule has 0 aliphatic rings. The van der Waals surface area contributed by atoms with E-state index < -0.39 is 18.7 Å². The quantitative estimate of drug-likeness (QED) is 0.670. The smallest absolute Gasteiger partial charge is 0.456 e. The van der Waals surface area contributed by atoms with Crippen molar-refractivity contribution < 1.29 is 31.1 Å². The van der Waals surface area contributed by atoms with Gasteiger partial charge in [0, 0.05) is 17.3 Å². The Morgan fingerprint density at radius 2 is 1.77 bits per heavy atom. The molecule has 0 saturated carbocycles. The lowest BCUT2D eigenvalue weighted by atomic mass is 10.1. The molecule has 0 bridgehead atoms. The van der Waals surface area contributed by atoms with Crippen LogP contribution in [-0.4, -0.2) is 18.7 Å². The van der Waals surface area contributed by atoms with E-state index in [2.05, 4.69) is 4.74 Å². The van der Waals surface area contributed by atoms with Crippen LogP contribution in [0, 0.1) is 6.92 Å². The number of benzene rings is 1. The Morgan fingerprint density at radius 3 is 2.32 bits per heavy atom. The van der Waals surface area contributed by atoms with E-state index in [1.807, 2.05) is 0 Å². The molecule has 0 amide bonds. The van der Waals surface area contributed by atoms with E-state index >= 15 is 0 Å². The normalized spacial score (nSPS) is 12.5. The zero-order valence-corrected chi connectivity index (χ0v) is 11.4. The number of rotatable bonds is 4. The summed E-state index contributed by atoms with van der Waals surface area (Å²) in [6.45, 7) is -0.117. The van der Waals surface area contributed by atoms with Gasteiger partial charge in [0.1, 0.15) is 17.3 Å². The summed E-state index contributed by atoms with van der Waals surface area (Å²) in [5.41, 5.74) is 6.16. The van der Waals surface area contributed by atoms with E-state index in [1.54, 1.807) is 19.1 Å². The highest BCUT2D eigenvalue weighted by Gasteiger charge is 2.58. The van der Waals surface area contributed by atoms with Gasteiger partial charge in [-0.15, -0.1) is 0 Å². The van der Waals surface area contributed by atoms with Crippen LogP contribution in [0.2, 0.25) is 0 Å². The molecule has 0 unspecified atom stereocenters. The Kier molecular flexibility index (Phi) is 4.04. The van der Waals surface area contributed by atoms with Crippen LogP contribution in [0.1, 0.15) is 5.76 Å². The molecular weight excluding hydrogens is 309 g/mol. The van der Waals surface area contributed by atoms with E-state index in [1.165, 1.54) is 12.1 Å². The highest BCUT2D eigenvalue weighted by Crippen LogP contribution is 2.36. The van der Waals surface area contributed by atoms with Crippen LogP contribution in [0.15, 0.2) is 34.7 Å². The van der Waals surface area contributed by atoms with E-state index in [9.17, 15) is 22.0 Å². The van der Waals surface area contributed by atoms with Gasteiger partial charge in [-0.2, -0.15) is 22.0 Å². The van der Waals surface area contributed by atoms with Gasteiger partial charge >= 0.3 is 12.1 Å². The zero-order chi connectivity index (χ0) is 16.5. The standard InChI is InChI=1S/C14H12F5NO2/c1-8-2-3-12(22-8)9-4-10(20)6-11(5-9)21-7-13(15,16)14(17,18)19/h2-6H,7,20H2,1H3. The first-order valence-corrected chi connectivity index (χ1v) is 6.13. The van der Waals surface area contributed by atoms with Gasteiger partial charge in [0.15, 0.2) is 6.61 Å². The molecule has 0 aliphatic heterocycles. The predicted octanol–water partition coefficient (Wildman–Crippen LogP) is 4.41. The molecule has 0 aliphatic carbocycles. The minimum Gasteiger partial charge on any atom is -0.487 e. The minimum atomic E-state index is -5.67. The maximum absolute atomic E-state index is 12.8. The summed E-state index contributed by atoms with van der Waals surface area (Å²) in [6.07, 6.45) is -5.67. The average molecular weight is 321 g/mol. The van der Waals surface area contributed by atoms with Gasteiger partial charge in [-0.05, 0) is 31.2 Å². The van der Waals surface area contributed by atoms with E-state index in [0.717, 1.165) is 6.07 Å². The van der Waals surface area contributed by atoms with Gasteiger partial charge in [0.05, 0.1) is 0 Å². The van der Waals surface area contributed by atoms with E-state index in [4.69, 9.17) is 10.2 Å². The molecule has 0 atom stereocenters. The summed E-state index contributed by atoms with van der Waals surface area (Å²) in [4.78, 5) is 0. The molecular formula is C14H12F5NO2. The van der Waals surface area contributed by atoms with Crippen molar-refractivity contribution in [2.45, 2.75) is 19.0 Å². The number of ether oxygens (including phenoxy) is 1. The second-order valence-corrected chi connectivity index (χ2v) is 4.69. The molecule has 0 fully saturated rings. The zero-order valence-electron chi connectivity index (χ0n) is 11.4. The maximum Gasteiger partial charge on any atom is 0.456 e. The van der Waals surface area contributed by atoms with Crippen molar-refractivity contribution in [3.05, 3.63) is 36.1 Å². The SMILES string of the molecule is Cc1ccc(-c2cc(N)cc(OCC(F)(F)C(F)(F)F)c2)o1. The molecule has 3 nitrogen and oxygen atoms in total. The van der Waals surface area contributed by atoms with Gasteiger partial charge in [-0.3, -0.25) is 0 Å². The Hall–Kier alpha value is -2.25. The molecule has 1 heterocycles. The number of nitrogens with two attached hydrogens (primary N) is 1. The largest absolute Gasteiger partial charge is 0.487 e. The van der Waals surface area contributed by atoms with Crippen LogP contribution >= 0.6 is 0 Å². The Morgan fingerprint density at radius 1 is 1.09 bits per heavy atom. The van der Waals surface area contributed by atoms with Crippen LogP contribution in [0.4, 0.5) is 27.6 Å². The van der Waals surface area contributed by atoms with Crippen molar-refractivity contribution >= 4 is 5.69 Å². The van der Waals surface area contributed by atoms with E-state index in [-0.39, 0.29) is 11.4 Å². The maximum atomic E-state index is 12.8. The average Bonchev–Trinajstić information content (AvgIpc) is 2.81. The van der Waals surface area contributed by atoms with Crippen molar-refractivity contribution in [3.63, 3.8) is 0 Å². The number of aryl methyl sites for hydroxylation is 1. The van der Waals surface area contributed by atoms with Gasteiger partial charge in [-0.1, -0.05) is 0 Å². The molecule has 0 spiro atoms. The van der Waals surface area contributed by atoms with Gasteiger partial charge in [0.2, 0.25) is 0 Å². The Balaban J connectivity index is 2.21. The van der Waals surface area contributed by atoms with Crippen molar-refractivity contribution in [2.24, 2.45) is 0 Å². The van der Waals surface area contributed by atoms with Gasteiger partial charge < -0.3 is 14.9 Å². The molecule has 8 heteroatoms. The number of furan rings is 1. The topological polar surface area (TPSA) is 48.4 Å².